The topological polar surface area (TPSA) is 82.7 Å². The minimum absolute atomic E-state index is 0.102. The van der Waals surface area contributed by atoms with Gasteiger partial charge in [-0.15, -0.1) is 0 Å². The first-order valence-corrected chi connectivity index (χ1v) is 4.10. The highest BCUT2D eigenvalue weighted by Crippen LogP contribution is 2.21. The predicted molar refractivity (Wildman–Crippen MR) is 50.8 cm³/mol. The maximum atomic E-state index is 8.77. The zero-order valence-electron chi connectivity index (χ0n) is 7.57. The normalized spacial score (nSPS) is 9.20. The Morgan fingerprint density at radius 2 is 2.27 bits per heavy atom. The Hall–Kier alpha value is -2.73. The quantitative estimate of drug-likeness (QED) is 0.650. The first-order valence-electron chi connectivity index (χ1n) is 4.10. The minimum Gasteiger partial charge on any atom is -0.260 e. The van der Waals surface area contributed by atoms with Gasteiger partial charge in [-0.3, -0.25) is 4.98 Å². The van der Waals surface area contributed by atoms with Crippen molar-refractivity contribution >= 4 is 5.82 Å². The van der Waals surface area contributed by atoms with Crippen molar-refractivity contribution in [2.45, 2.75) is 0 Å². The van der Waals surface area contributed by atoms with Gasteiger partial charge in [0, 0.05) is 11.2 Å². The second-order valence-corrected chi connectivity index (χ2v) is 2.72. The summed E-state index contributed by atoms with van der Waals surface area (Å²) < 4.78 is 1.34. The summed E-state index contributed by atoms with van der Waals surface area (Å²) >= 11 is 0. The van der Waals surface area contributed by atoms with Crippen molar-refractivity contribution in [1.82, 2.24) is 14.8 Å². The van der Waals surface area contributed by atoms with Gasteiger partial charge in [0.1, 0.15) is 6.07 Å². The second kappa shape index (κ2) is 3.56. The van der Waals surface area contributed by atoms with Crippen molar-refractivity contribution in [2.75, 3.05) is 0 Å². The zero-order valence-corrected chi connectivity index (χ0v) is 7.57. The van der Waals surface area contributed by atoms with Gasteiger partial charge in [0.2, 0.25) is 0 Å². The molecule has 2 heterocycles. The summed E-state index contributed by atoms with van der Waals surface area (Å²) in [6.45, 7) is 0. The van der Waals surface area contributed by atoms with Crippen LogP contribution in [-0.4, -0.2) is 14.8 Å². The van der Waals surface area contributed by atoms with Gasteiger partial charge in [0.25, 0.3) is 0 Å². The van der Waals surface area contributed by atoms with Gasteiger partial charge in [0.15, 0.2) is 11.3 Å². The van der Waals surface area contributed by atoms with Crippen molar-refractivity contribution in [1.29, 1.82) is 10.7 Å². The van der Waals surface area contributed by atoms with Gasteiger partial charge >= 0.3 is 5.82 Å². The Balaban J connectivity index is 2.62. The van der Waals surface area contributed by atoms with Crippen LogP contribution in [0, 0.1) is 16.7 Å². The van der Waals surface area contributed by atoms with Gasteiger partial charge in [0.05, 0.1) is 17.8 Å². The Morgan fingerprint density at radius 3 is 2.87 bits per heavy atom. The molecule has 0 saturated carbocycles. The molecule has 0 atom stereocenters. The van der Waals surface area contributed by atoms with E-state index in [0.29, 0.717) is 5.69 Å². The molecule has 0 N–H and O–H groups in total. The molecular weight excluding hydrogens is 192 g/mol. The van der Waals surface area contributed by atoms with Gasteiger partial charge in [-0.2, -0.15) is 5.26 Å². The van der Waals surface area contributed by atoms with Gasteiger partial charge in [-0.1, -0.05) is 9.78 Å². The average Bonchev–Trinajstić information content (AvgIpc) is 2.72. The van der Waals surface area contributed by atoms with Gasteiger partial charge in [-0.05, 0) is 12.1 Å². The molecule has 0 aliphatic carbocycles. The van der Waals surface area contributed by atoms with Crippen LogP contribution in [0.15, 0.2) is 30.7 Å². The fourth-order valence-electron chi connectivity index (χ4n) is 1.19. The smallest absolute Gasteiger partial charge is 0.260 e. The van der Waals surface area contributed by atoms with Crippen LogP contribution in [-0.2, 0) is 0 Å². The van der Waals surface area contributed by atoms with E-state index in [9.17, 15) is 0 Å². The van der Waals surface area contributed by atoms with Crippen LogP contribution in [0.25, 0.3) is 10.7 Å². The van der Waals surface area contributed by atoms with Crippen molar-refractivity contribution in [3.05, 3.63) is 41.3 Å². The van der Waals surface area contributed by atoms with Crippen molar-refractivity contribution in [3.8, 4) is 11.8 Å². The number of nitrogens with zero attached hydrogens (tertiary/aromatic N) is 6. The number of hydrogen-bond acceptors (Lipinski definition) is 4. The van der Waals surface area contributed by atoms with Crippen LogP contribution < -0.4 is 0 Å². The molecule has 2 aromatic heterocycles. The molecule has 6 heteroatoms. The summed E-state index contributed by atoms with van der Waals surface area (Å²) in [7, 11) is 0. The van der Waals surface area contributed by atoms with E-state index in [0.717, 1.165) is 0 Å². The molecule has 2 aromatic rings. The summed E-state index contributed by atoms with van der Waals surface area (Å²) in [6, 6.07) is 5.35. The van der Waals surface area contributed by atoms with Crippen LogP contribution in [0.3, 0.4) is 0 Å². The Bertz CT molecular complexity index is 557. The molecular formula is C9H5N6+. The third-order valence-electron chi connectivity index (χ3n) is 1.85. The first-order chi connectivity index (χ1) is 7.36. The second-order valence-electron chi connectivity index (χ2n) is 2.72. The zero-order chi connectivity index (χ0) is 10.7. The van der Waals surface area contributed by atoms with Crippen molar-refractivity contribution in [3.63, 3.8) is 0 Å². The molecule has 0 saturated heterocycles. The van der Waals surface area contributed by atoms with Crippen molar-refractivity contribution < 1.29 is 0 Å². The monoisotopic (exact) mass is 197 g/mol. The highest BCUT2D eigenvalue weighted by molar-refractivity contribution is 5.55. The lowest BCUT2D eigenvalue weighted by Crippen LogP contribution is -1.95. The highest BCUT2D eigenvalue weighted by atomic mass is 15.3. The summed E-state index contributed by atoms with van der Waals surface area (Å²) in [6.07, 6.45) is 4.51. The fraction of sp³-hybridized carbons (Fsp3) is 0. The number of pyridine rings is 1. The summed E-state index contributed by atoms with van der Waals surface area (Å²) in [4.78, 5) is 6.93. The molecule has 6 nitrogen and oxygen atoms in total. The van der Waals surface area contributed by atoms with E-state index in [-0.39, 0.29) is 11.4 Å². The van der Waals surface area contributed by atoms with Crippen LogP contribution in [0.4, 0.5) is 5.82 Å². The molecule has 2 rings (SSSR count). The van der Waals surface area contributed by atoms with Crippen LogP contribution >= 0.6 is 0 Å². The van der Waals surface area contributed by atoms with E-state index >= 15 is 0 Å². The molecule has 0 aliphatic heterocycles. The number of aromatic nitrogens is 3. The Labute approximate surface area is 85.0 Å². The Morgan fingerprint density at radius 1 is 1.40 bits per heavy atom. The molecule has 0 radical (unpaired) electrons. The maximum Gasteiger partial charge on any atom is 0.469 e. The molecule has 0 bridgehead atoms. The van der Waals surface area contributed by atoms with E-state index in [1.165, 1.54) is 10.9 Å². The summed E-state index contributed by atoms with van der Waals surface area (Å²) in [5.74, 6) is 0.102. The van der Waals surface area contributed by atoms with Crippen LogP contribution in [0.5, 0.6) is 0 Å². The molecule has 0 spiro atoms. The molecule has 15 heavy (non-hydrogen) atoms. The molecule has 0 amide bonds. The molecule has 70 valence electrons. The average molecular weight is 197 g/mol. The number of diazo groups is 1. The largest absolute Gasteiger partial charge is 0.469 e. The fourth-order valence-corrected chi connectivity index (χ4v) is 1.19. The Kier molecular flexibility index (Phi) is 2.10. The number of hydrogen-bond donors (Lipinski definition) is 0. The SMILES string of the molecule is N#Cc1cnn(-c2cccnc2)c1[N+]#N. The number of rotatable bonds is 1. The predicted octanol–water partition coefficient (Wildman–Crippen LogP) is 1.62. The van der Waals surface area contributed by atoms with E-state index < -0.39 is 0 Å². The van der Waals surface area contributed by atoms with Crippen molar-refractivity contribution in [2.24, 2.45) is 0 Å². The minimum atomic E-state index is 0.102. The van der Waals surface area contributed by atoms with E-state index in [2.05, 4.69) is 15.1 Å². The summed E-state index contributed by atoms with van der Waals surface area (Å²) in [5.41, 5.74) is 0.841. The molecule has 0 fully saturated rings. The lowest BCUT2D eigenvalue weighted by molar-refractivity contribution is 0.886. The molecule has 0 unspecified atom stereocenters. The highest BCUT2D eigenvalue weighted by Gasteiger charge is 2.23. The lowest BCUT2D eigenvalue weighted by atomic mass is 10.3. The van der Waals surface area contributed by atoms with Gasteiger partial charge in [-0.25, -0.2) is 0 Å². The third kappa shape index (κ3) is 1.40. The standard InChI is InChI=1S/C9H5N6/c10-4-7-5-13-15(9(7)14-11)8-2-1-3-12-6-8/h1-3,5-6H/q+1. The van der Waals surface area contributed by atoms with Crippen LogP contribution in [0.1, 0.15) is 5.56 Å². The number of nitriles is 1. The van der Waals surface area contributed by atoms with Gasteiger partial charge < -0.3 is 0 Å². The first kappa shape index (κ1) is 8.85. The van der Waals surface area contributed by atoms with Crippen LogP contribution in [0.2, 0.25) is 0 Å². The third-order valence-corrected chi connectivity index (χ3v) is 1.85. The van der Waals surface area contributed by atoms with E-state index in [1.54, 1.807) is 24.5 Å². The lowest BCUT2D eigenvalue weighted by Gasteiger charge is -1.90. The van der Waals surface area contributed by atoms with E-state index in [4.69, 9.17) is 10.7 Å². The summed E-state index contributed by atoms with van der Waals surface area (Å²) in [5, 5.41) is 21.4. The molecule has 0 aromatic carbocycles. The maximum absolute atomic E-state index is 8.77. The van der Waals surface area contributed by atoms with E-state index in [1.807, 2.05) is 6.07 Å². The molecule has 0 aliphatic rings.